The number of hydrogen-bond donors (Lipinski definition) is 0. The van der Waals surface area contributed by atoms with Gasteiger partial charge in [0.2, 0.25) is 0 Å². The molecule has 0 amide bonds. The number of rotatable bonds is 1. The van der Waals surface area contributed by atoms with Gasteiger partial charge < -0.3 is 0 Å². The van der Waals surface area contributed by atoms with Gasteiger partial charge in [0.1, 0.15) is 0 Å². The van der Waals surface area contributed by atoms with Gasteiger partial charge in [0.25, 0.3) is 0 Å². The zero-order chi connectivity index (χ0) is 5.11. The second-order valence-corrected chi connectivity index (χ2v) is 3.24. The van der Waals surface area contributed by atoms with E-state index in [0.29, 0.717) is 0 Å². The van der Waals surface area contributed by atoms with Gasteiger partial charge >= 0.3 is 53.1 Å². The molecular formula is C5H7NTe. The first kappa shape index (κ1) is 5.34. The van der Waals surface area contributed by atoms with E-state index in [-0.39, 0.29) is 20.7 Å². The number of aryl methyl sites for hydroxylation is 1. The van der Waals surface area contributed by atoms with Crippen molar-refractivity contribution in [3.8, 4) is 0 Å². The van der Waals surface area contributed by atoms with Crippen LogP contribution in [0.2, 0.25) is 0 Å². The Morgan fingerprint density at radius 2 is 2.71 bits per heavy atom. The van der Waals surface area contributed by atoms with E-state index in [1.165, 1.54) is 5.69 Å². The zero-order valence-corrected chi connectivity index (χ0v) is 6.55. The van der Waals surface area contributed by atoms with Gasteiger partial charge in [-0.3, -0.25) is 0 Å². The Morgan fingerprint density at radius 3 is 3.00 bits per heavy atom. The van der Waals surface area contributed by atoms with Crippen LogP contribution in [0.15, 0.2) is 10.1 Å². The normalized spacial score (nSPS) is 9.29. The van der Waals surface area contributed by atoms with Crippen LogP contribution in [0.1, 0.15) is 12.6 Å². The molecule has 0 spiro atoms. The summed E-state index contributed by atoms with van der Waals surface area (Å²) in [6.07, 6.45) is 1.11. The van der Waals surface area contributed by atoms with Crippen molar-refractivity contribution in [1.29, 1.82) is 0 Å². The van der Waals surface area contributed by atoms with Crippen LogP contribution >= 0.6 is 0 Å². The summed E-state index contributed by atoms with van der Waals surface area (Å²) in [4.78, 5) is 0. The maximum atomic E-state index is 4.29. The molecule has 2 heteroatoms. The van der Waals surface area contributed by atoms with Gasteiger partial charge in [0.15, 0.2) is 0 Å². The molecule has 1 aromatic rings. The SMILES string of the molecule is CCc1cc[te]n1. The number of hydrogen-bond acceptors (Lipinski definition) is 1. The van der Waals surface area contributed by atoms with Crippen LogP contribution in [0.3, 0.4) is 0 Å². The Balaban J connectivity index is 2.76. The predicted octanol–water partition coefficient (Wildman–Crippen LogP) is 0.701. The molecule has 0 saturated heterocycles. The number of nitrogens with zero attached hydrogens (tertiary/aromatic N) is 1. The van der Waals surface area contributed by atoms with Crippen molar-refractivity contribution in [2.24, 2.45) is 0 Å². The van der Waals surface area contributed by atoms with E-state index >= 15 is 0 Å². The summed E-state index contributed by atoms with van der Waals surface area (Å²) in [7, 11) is 0. The average molecular weight is 209 g/mol. The fourth-order valence-electron chi connectivity index (χ4n) is 0.420. The maximum absolute atomic E-state index is 4.29. The summed E-state index contributed by atoms with van der Waals surface area (Å²) in [5.41, 5.74) is 1.29. The Bertz CT molecular complexity index is 123. The molecule has 0 N–H and O–H groups in total. The van der Waals surface area contributed by atoms with E-state index in [1.54, 1.807) is 0 Å². The third-order valence-electron chi connectivity index (χ3n) is 0.853. The van der Waals surface area contributed by atoms with Gasteiger partial charge in [0, 0.05) is 0 Å². The first-order valence-corrected chi connectivity index (χ1v) is 4.71. The zero-order valence-electron chi connectivity index (χ0n) is 4.22. The molecule has 0 fully saturated rings. The molecule has 0 aliphatic heterocycles. The minimum absolute atomic E-state index is 0.0429. The molecule has 7 heavy (non-hydrogen) atoms. The van der Waals surface area contributed by atoms with E-state index in [1.807, 2.05) is 0 Å². The van der Waals surface area contributed by atoms with Crippen molar-refractivity contribution in [3.05, 3.63) is 15.8 Å². The Morgan fingerprint density at radius 1 is 1.86 bits per heavy atom. The molecule has 0 atom stereocenters. The molecular weight excluding hydrogens is 202 g/mol. The molecule has 0 unspecified atom stereocenters. The third-order valence-corrected chi connectivity index (χ3v) is 2.56. The Hall–Kier alpha value is 0.200. The molecule has 1 heterocycles. The predicted molar refractivity (Wildman–Crippen MR) is 30.6 cm³/mol. The molecule has 38 valence electrons. The second kappa shape index (κ2) is 2.49. The van der Waals surface area contributed by atoms with Crippen molar-refractivity contribution in [2.45, 2.75) is 13.3 Å². The molecule has 0 aliphatic carbocycles. The van der Waals surface area contributed by atoms with Gasteiger partial charge in [-0.1, -0.05) is 0 Å². The summed E-state index contributed by atoms with van der Waals surface area (Å²) < 4.78 is 6.50. The molecule has 0 bridgehead atoms. The van der Waals surface area contributed by atoms with Crippen LogP contribution in [-0.2, 0) is 6.42 Å². The van der Waals surface area contributed by atoms with E-state index in [4.69, 9.17) is 0 Å². The van der Waals surface area contributed by atoms with Crippen LogP contribution in [0.5, 0.6) is 0 Å². The van der Waals surface area contributed by atoms with Crippen LogP contribution in [-0.4, -0.2) is 23.9 Å². The molecule has 0 saturated carbocycles. The fourth-order valence-corrected chi connectivity index (χ4v) is 2.14. The monoisotopic (exact) mass is 211 g/mol. The number of aromatic nitrogens is 1. The summed E-state index contributed by atoms with van der Waals surface area (Å²) in [5.74, 6) is 0. The van der Waals surface area contributed by atoms with E-state index in [0.717, 1.165) is 6.42 Å². The van der Waals surface area contributed by atoms with Crippen molar-refractivity contribution >= 4 is 20.7 Å². The van der Waals surface area contributed by atoms with Crippen LogP contribution in [0.25, 0.3) is 0 Å². The summed E-state index contributed by atoms with van der Waals surface area (Å²) in [5, 5.41) is 0. The first-order valence-electron chi connectivity index (χ1n) is 2.32. The van der Waals surface area contributed by atoms with Gasteiger partial charge in [-0.15, -0.1) is 0 Å². The molecule has 1 rings (SSSR count). The van der Waals surface area contributed by atoms with E-state index in [9.17, 15) is 0 Å². The van der Waals surface area contributed by atoms with Crippen molar-refractivity contribution in [1.82, 2.24) is 3.21 Å². The molecule has 0 aromatic carbocycles. The second-order valence-electron chi connectivity index (χ2n) is 1.34. The van der Waals surface area contributed by atoms with Crippen molar-refractivity contribution in [2.75, 3.05) is 0 Å². The molecule has 1 aromatic heterocycles. The molecule has 0 aliphatic rings. The summed E-state index contributed by atoms with van der Waals surface area (Å²) in [6.45, 7) is 2.14. The molecule has 1 nitrogen and oxygen atoms in total. The van der Waals surface area contributed by atoms with Crippen LogP contribution in [0, 0.1) is 0 Å². The van der Waals surface area contributed by atoms with Gasteiger partial charge in [0.05, 0.1) is 0 Å². The van der Waals surface area contributed by atoms with Gasteiger partial charge in [-0.05, 0) is 0 Å². The minimum atomic E-state index is -0.0429. The standard InChI is InChI=1S/C5H7NTe/c1-2-5-3-4-7-6-5/h3-4H,2H2,1H3. The topological polar surface area (TPSA) is 12.9 Å². The molecule has 0 radical (unpaired) electrons. The first-order chi connectivity index (χ1) is 3.43. The summed E-state index contributed by atoms with van der Waals surface area (Å²) in [6, 6.07) is 2.14. The Labute approximate surface area is 53.4 Å². The van der Waals surface area contributed by atoms with Gasteiger partial charge in [-0.25, -0.2) is 0 Å². The van der Waals surface area contributed by atoms with Crippen molar-refractivity contribution in [3.63, 3.8) is 0 Å². The Kier molecular flexibility index (Phi) is 1.90. The van der Waals surface area contributed by atoms with Crippen LogP contribution in [0.4, 0.5) is 0 Å². The summed E-state index contributed by atoms with van der Waals surface area (Å²) >= 11 is -0.0429. The van der Waals surface area contributed by atoms with Crippen molar-refractivity contribution < 1.29 is 0 Å². The van der Waals surface area contributed by atoms with E-state index in [2.05, 4.69) is 20.3 Å². The van der Waals surface area contributed by atoms with Gasteiger partial charge in [-0.2, -0.15) is 0 Å². The van der Waals surface area contributed by atoms with Crippen LogP contribution < -0.4 is 0 Å². The fraction of sp³-hybridized carbons (Fsp3) is 0.400. The third kappa shape index (κ3) is 1.29. The van der Waals surface area contributed by atoms with E-state index < -0.39 is 0 Å². The quantitative estimate of drug-likeness (QED) is 0.620. The average Bonchev–Trinajstić information content (AvgIpc) is 2.14.